The smallest absolute Gasteiger partial charge is 0.336 e. The Labute approximate surface area is 125 Å². The van der Waals surface area contributed by atoms with Crippen LogP contribution in [0.1, 0.15) is 18.1 Å². The summed E-state index contributed by atoms with van der Waals surface area (Å²) in [6.07, 6.45) is -1.12. The van der Waals surface area contributed by atoms with Crippen LogP contribution >= 0.6 is 0 Å². The van der Waals surface area contributed by atoms with Crippen LogP contribution in [0.25, 0.3) is 11.0 Å². The van der Waals surface area contributed by atoms with Gasteiger partial charge in [-0.15, -0.1) is 0 Å². The molecule has 0 amide bonds. The van der Waals surface area contributed by atoms with Crippen LogP contribution in [0.3, 0.4) is 0 Å². The molecule has 1 heterocycles. The van der Waals surface area contributed by atoms with Gasteiger partial charge in [-0.25, -0.2) is 4.79 Å². The minimum Gasteiger partial charge on any atom is -0.507 e. The van der Waals surface area contributed by atoms with Crippen molar-refractivity contribution in [3.05, 3.63) is 39.7 Å². The van der Waals surface area contributed by atoms with E-state index in [2.05, 4.69) is 5.32 Å². The van der Waals surface area contributed by atoms with Crippen LogP contribution in [-0.2, 0) is 11.3 Å². The van der Waals surface area contributed by atoms with Gasteiger partial charge in [-0.3, -0.25) is 10.1 Å². The highest BCUT2D eigenvalue weighted by Crippen LogP contribution is 2.28. The maximum Gasteiger partial charge on any atom is 0.336 e. The Hall–Kier alpha value is -2.38. The van der Waals surface area contributed by atoms with Crippen molar-refractivity contribution in [1.29, 1.82) is 0 Å². The van der Waals surface area contributed by atoms with Crippen LogP contribution in [0, 0.1) is 6.92 Å². The summed E-state index contributed by atoms with van der Waals surface area (Å²) in [4.78, 5) is 22.6. The number of aryl methyl sites for hydroxylation is 1. The third-order valence-corrected chi connectivity index (χ3v) is 3.44. The normalized spacial score (nSPS) is 14.0. The number of nitrogens with one attached hydrogen (secondary N) is 1. The summed E-state index contributed by atoms with van der Waals surface area (Å²) in [5, 5.41) is 31.7. The Morgan fingerprint density at radius 3 is 2.68 bits per heavy atom. The molecule has 0 aliphatic carbocycles. The van der Waals surface area contributed by atoms with Crippen molar-refractivity contribution in [2.45, 2.75) is 32.5 Å². The molecule has 0 saturated heterocycles. The third-order valence-electron chi connectivity index (χ3n) is 3.44. The van der Waals surface area contributed by atoms with Gasteiger partial charge in [0.2, 0.25) is 0 Å². The lowest BCUT2D eigenvalue weighted by atomic mass is 10.1. The molecular formula is C15H17NO6. The van der Waals surface area contributed by atoms with Crippen molar-refractivity contribution in [2.24, 2.45) is 0 Å². The van der Waals surface area contributed by atoms with Gasteiger partial charge in [0, 0.05) is 18.0 Å². The number of aliphatic hydroxyl groups is 1. The second-order valence-corrected chi connectivity index (χ2v) is 5.13. The van der Waals surface area contributed by atoms with Gasteiger partial charge in [-0.1, -0.05) is 0 Å². The highest BCUT2D eigenvalue weighted by Gasteiger charge is 2.23. The average molecular weight is 307 g/mol. The highest BCUT2D eigenvalue weighted by molar-refractivity contribution is 5.85. The summed E-state index contributed by atoms with van der Waals surface area (Å²) in [6, 6.07) is 3.21. The number of aromatic hydroxyl groups is 1. The number of carboxylic acid groups (broad SMARTS) is 1. The van der Waals surface area contributed by atoms with Crippen LogP contribution in [0.15, 0.2) is 27.4 Å². The van der Waals surface area contributed by atoms with Gasteiger partial charge in [-0.05, 0) is 31.5 Å². The lowest BCUT2D eigenvalue weighted by Gasteiger charge is -2.18. The Bertz CT molecular complexity index is 764. The number of hydrogen-bond acceptors (Lipinski definition) is 6. The van der Waals surface area contributed by atoms with Crippen LogP contribution < -0.4 is 10.9 Å². The number of aliphatic hydroxyl groups excluding tert-OH is 1. The van der Waals surface area contributed by atoms with E-state index < -0.39 is 23.7 Å². The van der Waals surface area contributed by atoms with Crippen LogP contribution in [0.5, 0.6) is 5.75 Å². The van der Waals surface area contributed by atoms with Gasteiger partial charge < -0.3 is 19.7 Å². The first-order valence-electron chi connectivity index (χ1n) is 6.71. The van der Waals surface area contributed by atoms with Crippen molar-refractivity contribution in [1.82, 2.24) is 5.32 Å². The number of aliphatic carboxylic acids is 1. The molecule has 2 unspecified atom stereocenters. The van der Waals surface area contributed by atoms with E-state index in [9.17, 15) is 19.8 Å². The van der Waals surface area contributed by atoms with Gasteiger partial charge in [0.25, 0.3) is 0 Å². The number of hydrogen-bond donors (Lipinski definition) is 4. The maximum absolute atomic E-state index is 11.5. The van der Waals surface area contributed by atoms with E-state index in [4.69, 9.17) is 9.52 Å². The zero-order chi connectivity index (χ0) is 16.4. The minimum absolute atomic E-state index is 0.0720. The SMILES string of the molecule is Cc1cc(=O)oc2c(CNC(C(=O)O)C(C)O)c(O)ccc12. The molecule has 0 spiro atoms. The second-order valence-electron chi connectivity index (χ2n) is 5.13. The fraction of sp³-hybridized carbons (Fsp3) is 0.333. The molecule has 1 aromatic carbocycles. The van der Waals surface area contributed by atoms with Crippen molar-refractivity contribution < 1.29 is 24.5 Å². The van der Waals surface area contributed by atoms with Crippen molar-refractivity contribution >= 4 is 16.9 Å². The molecule has 118 valence electrons. The summed E-state index contributed by atoms with van der Waals surface area (Å²) in [5.41, 5.74) is 0.609. The molecule has 1 aromatic heterocycles. The van der Waals surface area contributed by atoms with Crippen molar-refractivity contribution in [3.63, 3.8) is 0 Å². The summed E-state index contributed by atoms with van der Waals surface area (Å²) in [5.74, 6) is -1.34. The third kappa shape index (κ3) is 3.10. The van der Waals surface area contributed by atoms with Gasteiger partial charge in [0.15, 0.2) is 0 Å². The number of phenolic OH excluding ortho intramolecular Hbond substituents is 1. The van der Waals surface area contributed by atoms with E-state index in [1.807, 2.05) is 0 Å². The van der Waals surface area contributed by atoms with Crippen LogP contribution in [0.4, 0.5) is 0 Å². The lowest BCUT2D eigenvalue weighted by Crippen LogP contribution is -2.44. The lowest BCUT2D eigenvalue weighted by molar-refractivity contribution is -0.142. The Balaban J connectivity index is 2.44. The molecule has 7 nitrogen and oxygen atoms in total. The van der Waals surface area contributed by atoms with Gasteiger partial charge >= 0.3 is 11.6 Å². The van der Waals surface area contributed by atoms with E-state index in [0.717, 1.165) is 0 Å². The van der Waals surface area contributed by atoms with Crippen LogP contribution in [0.2, 0.25) is 0 Å². The van der Waals surface area contributed by atoms with E-state index in [1.54, 1.807) is 13.0 Å². The summed E-state index contributed by atoms with van der Waals surface area (Å²) in [7, 11) is 0. The number of rotatable bonds is 5. The quantitative estimate of drug-likeness (QED) is 0.601. The Kier molecular flexibility index (Phi) is 4.48. The first-order chi connectivity index (χ1) is 10.3. The van der Waals surface area contributed by atoms with Crippen molar-refractivity contribution in [3.8, 4) is 5.75 Å². The molecule has 0 bridgehead atoms. The molecule has 2 atom stereocenters. The number of carbonyl (C=O) groups is 1. The minimum atomic E-state index is -1.22. The van der Waals surface area contributed by atoms with E-state index >= 15 is 0 Å². The molecule has 2 aromatic rings. The number of phenols is 1. The predicted molar refractivity (Wildman–Crippen MR) is 78.8 cm³/mol. The topological polar surface area (TPSA) is 120 Å². The van der Waals surface area contributed by atoms with Gasteiger partial charge in [-0.2, -0.15) is 0 Å². The first kappa shape index (κ1) is 16.0. The van der Waals surface area contributed by atoms with E-state index in [1.165, 1.54) is 19.1 Å². The molecule has 0 aliphatic heterocycles. The maximum atomic E-state index is 11.5. The molecule has 0 radical (unpaired) electrons. The summed E-state index contributed by atoms with van der Waals surface area (Å²) in [6.45, 7) is 3.01. The zero-order valence-electron chi connectivity index (χ0n) is 12.2. The number of benzene rings is 1. The fourth-order valence-electron chi connectivity index (χ4n) is 2.28. The average Bonchev–Trinajstić information content (AvgIpc) is 2.40. The van der Waals surface area contributed by atoms with Crippen molar-refractivity contribution in [2.75, 3.05) is 0 Å². The first-order valence-corrected chi connectivity index (χ1v) is 6.71. The molecule has 7 heteroatoms. The Morgan fingerprint density at radius 2 is 2.09 bits per heavy atom. The van der Waals surface area contributed by atoms with Crippen LogP contribution in [-0.4, -0.2) is 33.4 Å². The monoisotopic (exact) mass is 307 g/mol. The predicted octanol–water partition coefficient (Wildman–Crippen LogP) is 0.731. The largest absolute Gasteiger partial charge is 0.507 e. The standard InChI is InChI=1S/C15H17NO6/c1-7-5-12(19)22-14-9(7)3-4-11(18)10(14)6-16-13(8(2)17)15(20)21/h3-5,8,13,16-18H,6H2,1-2H3,(H,20,21). The van der Waals surface area contributed by atoms with E-state index in [-0.39, 0.29) is 23.4 Å². The number of fused-ring (bicyclic) bond motifs is 1. The highest BCUT2D eigenvalue weighted by atomic mass is 16.4. The molecule has 0 saturated carbocycles. The number of carboxylic acids is 1. The molecular weight excluding hydrogens is 290 g/mol. The molecule has 0 aliphatic rings. The molecule has 4 N–H and O–H groups in total. The second kappa shape index (κ2) is 6.17. The zero-order valence-corrected chi connectivity index (χ0v) is 12.2. The molecule has 0 fully saturated rings. The summed E-state index contributed by atoms with van der Waals surface area (Å²) >= 11 is 0. The fourth-order valence-corrected chi connectivity index (χ4v) is 2.28. The van der Waals surface area contributed by atoms with Gasteiger partial charge in [0.05, 0.1) is 11.7 Å². The van der Waals surface area contributed by atoms with Gasteiger partial charge in [0.1, 0.15) is 17.4 Å². The molecule has 2 rings (SSSR count). The molecule has 22 heavy (non-hydrogen) atoms. The van der Waals surface area contributed by atoms with E-state index in [0.29, 0.717) is 10.9 Å². The Morgan fingerprint density at radius 1 is 1.41 bits per heavy atom. The summed E-state index contributed by atoms with van der Waals surface area (Å²) < 4.78 is 5.14.